The quantitative estimate of drug-likeness (QED) is 0.669. The molecule has 0 fully saturated rings. The average molecular weight is 441 g/mol. The number of anilines is 2. The monoisotopic (exact) mass is 440 g/mol. The minimum atomic E-state index is -3.92. The van der Waals surface area contributed by atoms with Crippen LogP contribution < -0.4 is 9.62 Å². The third-order valence-corrected chi connectivity index (χ3v) is 6.80. The molecule has 29 heavy (non-hydrogen) atoms. The van der Waals surface area contributed by atoms with Gasteiger partial charge in [-0.05, 0) is 43.9 Å². The molecule has 0 spiro atoms. The van der Waals surface area contributed by atoms with E-state index in [9.17, 15) is 22.4 Å². The molecule has 1 N–H and O–H groups in total. The number of carbonyl (C=O) groups is 2. The maximum absolute atomic E-state index is 14.1. The minimum absolute atomic E-state index is 0.200. The molecule has 1 heterocycles. The Balaban J connectivity index is 1.87. The number of ether oxygens (including phenoxy) is 1. The number of carbonyl (C=O) groups excluding carboxylic acids is 2. The van der Waals surface area contributed by atoms with E-state index in [-0.39, 0.29) is 12.3 Å². The van der Waals surface area contributed by atoms with Gasteiger partial charge in [0.05, 0.1) is 24.1 Å². The van der Waals surface area contributed by atoms with E-state index in [4.69, 9.17) is 4.74 Å². The largest absolute Gasteiger partial charge is 0.462 e. The number of aryl methyl sites for hydroxylation is 1. The Morgan fingerprint density at radius 3 is 2.66 bits per heavy atom. The highest BCUT2D eigenvalue weighted by atomic mass is 32.2. The molecule has 1 aromatic carbocycles. The van der Waals surface area contributed by atoms with Gasteiger partial charge in [-0.15, -0.1) is 11.3 Å². The number of para-hydroxylation sites is 1. The first kappa shape index (κ1) is 21.3. The molecule has 0 aliphatic heterocycles. The second-order valence-corrected chi connectivity index (χ2v) is 9.56. The summed E-state index contributed by atoms with van der Waals surface area (Å²) in [6.45, 7) is 1.28. The van der Waals surface area contributed by atoms with Crippen LogP contribution in [-0.4, -0.2) is 39.7 Å². The van der Waals surface area contributed by atoms with Crippen molar-refractivity contribution in [3.05, 3.63) is 46.1 Å². The number of nitrogens with zero attached hydrogens (tertiary/aromatic N) is 1. The van der Waals surface area contributed by atoms with Crippen LogP contribution in [0.4, 0.5) is 15.1 Å². The van der Waals surface area contributed by atoms with Crippen molar-refractivity contribution in [2.75, 3.05) is 29.0 Å². The summed E-state index contributed by atoms with van der Waals surface area (Å²) in [6.07, 6.45) is 3.36. The zero-order valence-corrected chi connectivity index (χ0v) is 17.7. The van der Waals surface area contributed by atoms with Crippen LogP contribution in [-0.2, 0) is 32.4 Å². The minimum Gasteiger partial charge on any atom is -0.462 e. The normalized spacial score (nSPS) is 13.1. The Hall–Kier alpha value is -2.46. The fraction of sp³-hybridized carbons (Fsp3) is 0.368. The third kappa shape index (κ3) is 4.59. The van der Waals surface area contributed by atoms with Crippen LogP contribution in [0.25, 0.3) is 0 Å². The molecule has 156 valence electrons. The van der Waals surface area contributed by atoms with Crippen LogP contribution >= 0.6 is 11.3 Å². The molecule has 0 unspecified atom stereocenters. The lowest BCUT2D eigenvalue weighted by Gasteiger charge is -2.22. The van der Waals surface area contributed by atoms with Gasteiger partial charge in [0.2, 0.25) is 15.9 Å². The summed E-state index contributed by atoms with van der Waals surface area (Å²) in [6, 6.07) is 5.32. The Labute approximate surface area is 172 Å². The van der Waals surface area contributed by atoms with Gasteiger partial charge in [0.15, 0.2) is 0 Å². The highest BCUT2D eigenvalue weighted by Gasteiger charge is 2.29. The summed E-state index contributed by atoms with van der Waals surface area (Å²) < 4.78 is 44.2. The van der Waals surface area contributed by atoms with E-state index in [1.54, 1.807) is 6.92 Å². The van der Waals surface area contributed by atoms with Crippen molar-refractivity contribution in [3.8, 4) is 0 Å². The van der Waals surface area contributed by atoms with E-state index in [1.165, 1.54) is 29.5 Å². The lowest BCUT2D eigenvalue weighted by Crippen LogP contribution is -2.38. The summed E-state index contributed by atoms with van der Waals surface area (Å²) in [5, 5.41) is 2.95. The van der Waals surface area contributed by atoms with Crippen molar-refractivity contribution in [1.29, 1.82) is 0 Å². The van der Waals surface area contributed by atoms with Gasteiger partial charge in [0.25, 0.3) is 0 Å². The van der Waals surface area contributed by atoms with Crippen LogP contribution in [0.2, 0.25) is 0 Å². The van der Waals surface area contributed by atoms with E-state index in [0.717, 1.165) is 42.0 Å². The van der Waals surface area contributed by atoms with Crippen molar-refractivity contribution >= 4 is 43.9 Å². The second kappa shape index (κ2) is 8.50. The summed E-state index contributed by atoms with van der Waals surface area (Å²) >= 11 is 1.29. The first-order valence-electron chi connectivity index (χ1n) is 9.06. The molecular weight excluding hydrogens is 419 g/mol. The number of benzene rings is 1. The molecule has 0 saturated heterocycles. The number of thiophene rings is 1. The van der Waals surface area contributed by atoms with Crippen molar-refractivity contribution in [2.24, 2.45) is 0 Å². The number of rotatable bonds is 7. The second-order valence-electron chi connectivity index (χ2n) is 6.55. The molecule has 7 nitrogen and oxygen atoms in total. The molecule has 1 aliphatic carbocycles. The van der Waals surface area contributed by atoms with Crippen molar-refractivity contribution in [1.82, 2.24) is 0 Å². The van der Waals surface area contributed by atoms with E-state index in [0.29, 0.717) is 14.9 Å². The van der Waals surface area contributed by atoms with Gasteiger partial charge in [-0.25, -0.2) is 17.6 Å². The first-order valence-corrected chi connectivity index (χ1v) is 11.7. The zero-order valence-electron chi connectivity index (χ0n) is 16.0. The molecule has 0 saturated carbocycles. The fourth-order valence-electron chi connectivity index (χ4n) is 3.24. The smallest absolute Gasteiger partial charge is 0.341 e. The van der Waals surface area contributed by atoms with Gasteiger partial charge < -0.3 is 10.1 Å². The van der Waals surface area contributed by atoms with E-state index in [2.05, 4.69) is 5.32 Å². The van der Waals surface area contributed by atoms with E-state index >= 15 is 0 Å². The lowest BCUT2D eigenvalue weighted by molar-refractivity contribution is -0.114. The number of esters is 1. The molecular formula is C19H21FN2O5S2. The molecule has 3 rings (SSSR count). The number of hydrogen-bond donors (Lipinski definition) is 1. The number of fused-ring (bicyclic) bond motifs is 1. The highest BCUT2D eigenvalue weighted by Crippen LogP contribution is 2.39. The number of halogens is 1. The van der Waals surface area contributed by atoms with Crippen molar-refractivity contribution in [3.63, 3.8) is 0 Å². The Kier molecular flexibility index (Phi) is 6.23. The Morgan fingerprint density at radius 1 is 1.28 bits per heavy atom. The first-order chi connectivity index (χ1) is 13.7. The fourth-order valence-corrected chi connectivity index (χ4v) is 5.39. The van der Waals surface area contributed by atoms with Gasteiger partial charge in [-0.2, -0.15) is 0 Å². The molecule has 0 atom stereocenters. The van der Waals surface area contributed by atoms with E-state index in [1.807, 2.05) is 0 Å². The van der Waals surface area contributed by atoms with E-state index < -0.39 is 34.3 Å². The summed E-state index contributed by atoms with van der Waals surface area (Å²) in [5.74, 6) is -1.95. The van der Waals surface area contributed by atoms with Crippen molar-refractivity contribution in [2.45, 2.75) is 26.2 Å². The van der Waals surface area contributed by atoms with Gasteiger partial charge in [-0.1, -0.05) is 12.1 Å². The third-order valence-electron chi connectivity index (χ3n) is 4.46. The number of hydrogen-bond acceptors (Lipinski definition) is 6. The van der Waals surface area contributed by atoms with Gasteiger partial charge in [-0.3, -0.25) is 9.10 Å². The lowest BCUT2D eigenvalue weighted by atomic mass is 10.1. The number of amides is 1. The van der Waals surface area contributed by atoms with Crippen molar-refractivity contribution < 1.29 is 27.1 Å². The summed E-state index contributed by atoms with van der Waals surface area (Å²) in [5.41, 5.74) is 0.983. The average Bonchev–Trinajstić information content (AvgIpc) is 3.20. The van der Waals surface area contributed by atoms with Gasteiger partial charge in [0.1, 0.15) is 17.4 Å². The van der Waals surface area contributed by atoms with Gasteiger partial charge in [0, 0.05) is 4.88 Å². The predicted molar refractivity (Wildman–Crippen MR) is 110 cm³/mol. The molecule has 1 aromatic heterocycles. The molecule has 0 radical (unpaired) electrons. The standard InChI is InChI=1S/C19H21FN2O5S2/c1-3-27-19(24)17-12-7-6-10-15(12)28-18(17)21-16(23)11-22(29(2,25)26)14-9-5-4-8-13(14)20/h4-5,8-9H,3,6-7,10-11H2,1-2H3,(H,21,23). The molecule has 2 aromatic rings. The van der Waals surface area contributed by atoms with Crippen LogP contribution in [0.3, 0.4) is 0 Å². The highest BCUT2D eigenvalue weighted by molar-refractivity contribution is 7.92. The van der Waals surface area contributed by atoms with Crippen LogP contribution in [0.15, 0.2) is 24.3 Å². The predicted octanol–water partition coefficient (Wildman–Crippen LogP) is 2.96. The maximum atomic E-state index is 14.1. The Morgan fingerprint density at radius 2 is 2.00 bits per heavy atom. The SMILES string of the molecule is CCOC(=O)c1c(NC(=O)CN(c2ccccc2F)S(C)(=O)=O)sc2c1CCC2. The topological polar surface area (TPSA) is 92.8 Å². The zero-order chi connectivity index (χ0) is 21.2. The number of sulfonamides is 1. The summed E-state index contributed by atoms with van der Waals surface area (Å²) in [7, 11) is -3.92. The molecule has 0 bridgehead atoms. The molecule has 1 aliphatic rings. The van der Waals surface area contributed by atoms with Gasteiger partial charge >= 0.3 is 5.97 Å². The Bertz CT molecular complexity index is 1050. The van der Waals surface area contributed by atoms with Crippen LogP contribution in [0.5, 0.6) is 0 Å². The molecule has 10 heteroatoms. The van der Waals surface area contributed by atoms with Crippen LogP contribution in [0.1, 0.15) is 34.1 Å². The number of nitrogens with one attached hydrogen (secondary N) is 1. The maximum Gasteiger partial charge on any atom is 0.341 e. The summed E-state index contributed by atoms with van der Waals surface area (Å²) in [4.78, 5) is 26.0. The molecule has 1 amide bonds. The van der Waals surface area contributed by atoms with Crippen LogP contribution in [0, 0.1) is 5.82 Å².